The van der Waals surface area contributed by atoms with Crippen LogP contribution in [0.15, 0.2) is 36.1 Å². The number of aliphatic hydroxyl groups is 4. The molecule has 4 fully saturated rings. The van der Waals surface area contributed by atoms with Crippen molar-refractivity contribution in [2.24, 2.45) is 23.7 Å². The summed E-state index contributed by atoms with van der Waals surface area (Å²) in [7, 11) is 1.42. The average Bonchev–Trinajstić information content (AvgIpc) is 3.93. The van der Waals surface area contributed by atoms with Crippen LogP contribution in [-0.2, 0) is 42.4 Å². The predicted molar refractivity (Wildman–Crippen MR) is 258 cm³/mol. The second-order valence-corrected chi connectivity index (χ2v) is 16.6. The first-order valence-electron chi connectivity index (χ1n) is 21.0. The Bertz CT molecular complexity index is 1130. The summed E-state index contributed by atoms with van der Waals surface area (Å²) in [6.45, 7) is 8.31. The molecule has 1 radical (unpaired) electrons. The molecule has 17 heteroatoms. The van der Waals surface area contributed by atoms with Gasteiger partial charge in [-0.2, -0.15) is 6.42 Å². The van der Waals surface area contributed by atoms with Crippen LogP contribution in [0.3, 0.4) is 0 Å². The number of ether oxygens (including phenoxy) is 3. The molecule has 6 N–H and O–H groups in total. The van der Waals surface area contributed by atoms with E-state index in [1.165, 1.54) is 7.11 Å². The summed E-state index contributed by atoms with van der Waals surface area (Å²) in [5, 5.41) is 40.9. The number of aliphatic hydroxyl groups excluding tert-OH is 4. The first-order valence-corrected chi connectivity index (χ1v) is 23.8. The minimum atomic E-state index is -0.420. The van der Waals surface area contributed by atoms with Gasteiger partial charge in [0.15, 0.2) is 0 Å². The van der Waals surface area contributed by atoms with Crippen LogP contribution in [0.4, 0.5) is 0 Å². The van der Waals surface area contributed by atoms with Crippen LogP contribution >= 0.6 is 69.2 Å². The zero-order chi connectivity index (χ0) is 41.2. The molecule has 2 heterocycles. The average molecular weight is 1260 g/mol. The fraction of sp³-hybridized carbons (Fsp3) is 0.795. The van der Waals surface area contributed by atoms with Gasteiger partial charge in [0, 0.05) is 65.9 Å². The van der Waals surface area contributed by atoms with E-state index >= 15 is 0 Å². The van der Waals surface area contributed by atoms with E-state index in [1.807, 2.05) is 67.0 Å². The van der Waals surface area contributed by atoms with Gasteiger partial charge in [-0.3, -0.25) is 16.0 Å². The maximum absolute atomic E-state index is 11.3. The Morgan fingerprint density at radius 2 is 1.36 bits per heavy atom. The van der Waals surface area contributed by atoms with Crippen molar-refractivity contribution < 1.29 is 133 Å². The molecule has 349 valence electrons. The van der Waals surface area contributed by atoms with Gasteiger partial charge in [-0.05, 0) is 50.5 Å². The Hall–Kier alpha value is 2.65. The van der Waals surface area contributed by atoms with Gasteiger partial charge in [-0.1, -0.05) is 120 Å². The Morgan fingerprint density at radius 3 is 1.85 bits per heavy atom. The van der Waals surface area contributed by atoms with Crippen molar-refractivity contribution in [2.45, 2.75) is 190 Å². The maximum atomic E-state index is 11.3. The van der Waals surface area contributed by atoms with Gasteiger partial charge < -0.3 is 73.0 Å². The van der Waals surface area contributed by atoms with Crippen LogP contribution in [0.5, 0.6) is 0 Å². The molecule has 2 saturated carbocycles. The van der Waals surface area contributed by atoms with E-state index < -0.39 is 12.2 Å². The Labute approximate surface area is 470 Å². The van der Waals surface area contributed by atoms with Crippen molar-refractivity contribution in [3.8, 4) is 0 Å². The van der Waals surface area contributed by atoms with Gasteiger partial charge in [0.2, 0.25) is 0 Å². The molecule has 4 aliphatic rings. The molecule has 0 aromatic carbocycles. The van der Waals surface area contributed by atoms with E-state index in [1.54, 1.807) is 0 Å². The predicted octanol–water partition coefficient (Wildman–Crippen LogP) is 3.73. The van der Waals surface area contributed by atoms with Crippen molar-refractivity contribution in [1.29, 1.82) is 0 Å². The number of allylic oxidation sites excluding steroid dienone is 2. The molecule has 2 unspecified atom stereocenters. The number of methoxy groups -OCH3 is 1. The number of esters is 1. The molecule has 0 bridgehead atoms. The Balaban J connectivity index is -0.000000211. The van der Waals surface area contributed by atoms with Gasteiger partial charge in [-0.25, -0.2) is 0 Å². The molecule has 4 rings (SSSR count). The molecule has 2 aliphatic heterocycles. The molecule has 0 aromatic heterocycles. The molecule has 0 amide bonds. The zero-order valence-electron chi connectivity index (χ0n) is 38.1. The Morgan fingerprint density at radius 1 is 0.852 bits per heavy atom. The summed E-state index contributed by atoms with van der Waals surface area (Å²) >= 11 is 4.33. The van der Waals surface area contributed by atoms with E-state index in [-0.39, 0.29) is 161 Å². The summed E-state index contributed by atoms with van der Waals surface area (Å²) in [4.78, 5) is 24.7. The number of carbonyl (C=O) groups is 1. The van der Waals surface area contributed by atoms with Crippen molar-refractivity contribution in [2.75, 3.05) is 7.11 Å². The maximum Gasteiger partial charge on any atom is 1.00 e. The van der Waals surface area contributed by atoms with E-state index in [2.05, 4.69) is 47.4 Å². The van der Waals surface area contributed by atoms with E-state index in [0.717, 1.165) is 95.7 Å². The van der Waals surface area contributed by atoms with Gasteiger partial charge in [0.05, 0.1) is 49.5 Å². The van der Waals surface area contributed by atoms with Crippen LogP contribution in [0.2, 0.25) is 0 Å². The third-order valence-electron chi connectivity index (χ3n) is 11.0. The van der Waals surface area contributed by atoms with Gasteiger partial charge in [0.1, 0.15) is 6.10 Å². The summed E-state index contributed by atoms with van der Waals surface area (Å²) in [6, 6.07) is 0. The number of fused-ring (bicyclic) bond motifs is 2. The second kappa shape index (κ2) is 46.4. The van der Waals surface area contributed by atoms with Crippen molar-refractivity contribution >= 4 is 81.4 Å². The van der Waals surface area contributed by atoms with Crippen LogP contribution in [0.25, 0.3) is 0 Å². The molecule has 0 aromatic rings. The van der Waals surface area contributed by atoms with E-state index in [4.69, 9.17) is 14.2 Å². The number of hydrogen-bond acceptors (Lipinski definition) is 11. The fourth-order valence-electron chi connectivity index (χ4n) is 8.08. The first-order chi connectivity index (χ1) is 26.6. The van der Waals surface area contributed by atoms with Crippen molar-refractivity contribution in [3.05, 3.63) is 41.1 Å². The molecule has 12 atom stereocenters. The number of halogens is 3. The standard InChI is InChI=1S/C21H35IO5.C20H31O4.C2H6.CH2I.HI.2Na.2H2O.V/c1-3-4-5-7-14(23)10-11-15-16-12-20(27-19(16)13-18(15)24)17(22)8-6-9-21(25)26-2;1-2-3-5-8-15(22)10-11-17-18-13-16(9-6-4-7-12-21)24-20(18)14-19(17)23;2*1-2;;;;;;/h10-11,14-20,23-24H,3-9,12-13H2,1-2H3;9-11,15,17-20,22-23H,2-8,13-14H2,1H3;1-2H3;1H2;1H;;;2*1H2;/q;-1;;-1;;2*+1;;;/p-2/b11-10+;11-10+,16-9-;;;;;;;;/t14-,15+,16+,17?,18+,19-,20?;15-,17+,18+,19+,20-;;;;;;;;/m00......../s1. The number of unbranched alkanes of at least 4 members (excludes halogenated alkanes) is 6. The molecule has 61 heavy (non-hydrogen) atoms. The minimum Gasteiger partial charge on any atom is -0.870 e. The summed E-state index contributed by atoms with van der Waals surface area (Å²) in [6.07, 6.45) is 26.1. The molecule has 11 nitrogen and oxygen atoms in total. The third kappa shape index (κ3) is 29.3. The van der Waals surface area contributed by atoms with Crippen molar-refractivity contribution in [3.63, 3.8) is 0 Å². The summed E-state index contributed by atoms with van der Waals surface area (Å²) in [5.41, 5.74) is 0. The SMILES string of the molecule is CC.CCCCC[C@H](O)/C=C/[C@@H]1[C@H]2C/C(=C/CCC[C-]=O)O[C@H]2C[C@H]1O.CCCCC[C@H](O)/C=C/[C@@H]1[C@H]2CC(C(I)CCCC(=O)OC)O[C@H]2C[C@H]1O.I.[CH2-]I.[Na+].[Na+].[OH-].[OH-].[V]. The number of carbonyl (C=O) groups excluding carboxylic acids is 2. The smallest absolute Gasteiger partial charge is 0.870 e. The molecule has 0 spiro atoms. The number of hydrogen-bond donors (Lipinski definition) is 4. The van der Waals surface area contributed by atoms with Gasteiger partial charge in [0.25, 0.3) is 0 Å². The van der Waals surface area contributed by atoms with Crippen molar-refractivity contribution in [1.82, 2.24) is 0 Å². The largest absolute Gasteiger partial charge is 1.00 e. The zero-order valence-corrected chi connectivity index (χ0v) is 50.1. The van der Waals surface area contributed by atoms with Crippen LogP contribution < -0.4 is 59.1 Å². The van der Waals surface area contributed by atoms with Crippen LogP contribution in [-0.4, -0.2) is 97.4 Å². The molecule has 2 saturated heterocycles. The molecular weight excluding hydrogens is 1180 g/mol. The fourth-order valence-corrected chi connectivity index (χ4v) is 8.99. The summed E-state index contributed by atoms with van der Waals surface area (Å²) in [5.74, 6) is 1.58. The first kappa shape index (κ1) is 75.2. The van der Waals surface area contributed by atoms with Crippen LogP contribution in [0, 0.1) is 28.6 Å². The van der Waals surface area contributed by atoms with E-state index in [9.17, 15) is 30.0 Å². The molecular formula is C44H77I3Na2O11V-2. The number of alkyl halides is 1. The second-order valence-electron chi connectivity index (χ2n) is 15.0. The van der Waals surface area contributed by atoms with Crippen LogP contribution in [0.1, 0.15) is 143 Å². The summed E-state index contributed by atoms with van der Waals surface area (Å²) < 4.78 is 17.2. The van der Waals surface area contributed by atoms with Gasteiger partial charge >= 0.3 is 65.1 Å². The molecule has 2 aliphatic carbocycles. The monoisotopic (exact) mass is 1260 g/mol. The minimum absolute atomic E-state index is 0. The Kier molecular flexibility index (Phi) is 57.2. The number of rotatable bonds is 21. The normalized spacial score (nSPS) is 27.3. The van der Waals surface area contributed by atoms with E-state index in [0.29, 0.717) is 41.4 Å². The third-order valence-corrected chi connectivity index (χ3v) is 12.5. The topological polar surface area (TPSA) is 203 Å². The quantitative estimate of drug-likeness (QED) is 0.0248. The van der Waals surface area contributed by atoms with Gasteiger partial charge in [-0.15, -0.1) is 24.0 Å².